The molecule has 1 unspecified atom stereocenters. The SMILES string of the molecule is CC(=O)OC1C[C@H]2C[C@@H](O)CC[C@]2(C)[C@H]2CC[C@]3(C)[C@@H]([C@H](C)CCCO)CC[C@H]3[C@H]12. The van der Waals surface area contributed by atoms with Gasteiger partial charge in [0.2, 0.25) is 0 Å². The highest BCUT2D eigenvalue weighted by atomic mass is 16.5. The van der Waals surface area contributed by atoms with Crippen LogP contribution in [0.5, 0.6) is 0 Å². The molecular weight excluding hydrogens is 376 g/mol. The highest BCUT2D eigenvalue weighted by Gasteiger charge is 2.63. The van der Waals surface area contributed by atoms with Gasteiger partial charge in [0.25, 0.3) is 0 Å². The normalized spacial score (nSPS) is 48.9. The van der Waals surface area contributed by atoms with E-state index < -0.39 is 0 Å². The summed E-state index contributed by atoms with van der Waals surface area (Å²) in [7, 11) is 0. The van der Waals surface area contributed by atoms with E-state index in [9.17, 15) is 15.0 Å². The fourth-order valence-corrected chi connectivity index (χ4v) is 9.10. The van der Waals surface area contributed by atoms with E-state index in [0.717, 1.165) is 38.5 Å². The second-order valence-electron chi connectivity index (χ2n) is 11.9. The van der Waals surface area contributed by atoms with Crippen LogP contribution in [-0.2, 0) is 9.53 Å². The number of esters is 1. The monoisotopic (exact) mass is 420 g/mol. The van der Waals surface area contributed by atoms with E-state index in [-0.39, 0.29) is 23.6 Å². The van der Waals surface area contributed by atoms with Gasteiger partial charge in [0.05, 0.1) is 6.10 Å². The number of rotatable bonds is 5. The Balaban J connectivity index is 1.63. The van der Waals surface area contributed by atoms with Crippen LogP contribution in [0.2, 0.25) is 0 Å². The van der Waals surface area contributed by atoms with Crippen LogP contribution in [0, 0.1) is 46.3 Å². The van der Waals surface area contributed by atoms with Gasteiger partial charge in [-0.1, -0.05) is 20.8 Å². The van der Waals surface area contributed by atoms with Crippen molar-refractivity contribution in [2.45, 2.75) is 104 Å². The average Bonchev–Trinajstić information content (AvgIpc) is 3.04. The molecule has 0 aromatic carbocycles. The van der Waals surface area contributed by atoms with Crippen molar-refractivity contribution in [2.75, 3.05) is 6.61 Å². The van der Waals surface area contributed by atoms with Crippen molar-refractivity contribution < 1.29 is 19.7 Å². The van der Waals surface area contributed by atoms with Crippen LogP contribution in [0.3, 0.4) is 0 Å². The molecule has 172 valence electrons. The van der Waals surface area contributed by atoms with Crippen LogP contribution in [-0.4, -0.2) is 35.0 Å². The molecule has 4 rings (SSSR count). The Bertz CT molecular complexity index is 635. The molecule has 4 aliphatic rings. The van der Waals surface area contributed by atoms with Gasteiger partial charge >= 0.3 is 5.97 Å². The van der Waals surface area contributed by atoms with E-state index in [2.05, 4.69) is 20.8 Å². The number of ether oxygens (including phenoxy) is 1. The molecule has 0 saturated heterocycles. The zero-order chi connectivity index (χ0) is 21.7. The van der Waals surface area contributed by atoms with Crippen LogP contribution >= 0.6 is 0 Å². The van der Waals surface area contributed by atoms with Gasteiger partial charge in [-0.25, -0.2) is 0 Å². The Kier molecular flexibility index (Phi) is 6.31. The summed E-state index contributed by atoms with van der Waals surface area (Å²) in [4.78, 5) is 12.1. The Labute approximate surface area is 183 Å². The van der Waals surface area contributed by atoms with Crippen LogP contribution < -0.4 is 0 Å². The molecular formula is C26H44O4. The molecule has 4 aliphatic carbocycles. The van der Waals surface area contributed by atoms with Gasteiger partial charge in [-0.15, -0.1) is 0 Å². The summed E-state index contributed by atoms with van der Waals surface area (Å²) >= 11 is 0. The fraction of sp³-hybridized carbons (Fsp3) is 0.962. The van der Waals surface area contributed by atoms with Crippen LogP contribution in [0.15, 0.2) is 0 Å². The number of aliphatic hydroxyl groups is 2. The minimum atomic E-state index is -0.185. The molecule has 0 spiro atoms. The molecule has 10 atom stereocenters. The van der Waals surface area contributed by atoms with Crippen LogP contribution in [0.4, 0.5) is 0 Å². The lowest BCUT2D eigenvalue weighted by Crippen LogP contribution is -2.59. The standard InChI is InChI=1S/C26H44O4/c1-16(6-5-13-27)20-7-8-21-24-22(10-12-26(20,21)4)25(3)11-9-19(29)14-18(25)15-23(24)30-17(2)28/h16,18-24,27,29H,5-15H2,1-4H3/t16-,18-,19+,20-,21+,22+,23?,24+,25+,26-/m1/s1. The van der Waals surface area contributed by atoms with Crippen molar-refractivity contribution in [3.05, 3.63) is 0 Å². The molecule has 30 heavy (non-hydrogen) atoms. The molecule has 0 heterocycles. The zero-order valence-corrected chi connectivity index (χ0v) is 19.6. The lowest BCUT2D eigenvalue weighted by molar-refractivity contribution is -0.194. The highest BCUT2D eigenvalue weighted by molar-refractivity contribution is 5.66. The van der Waals surface area contributed by atoms with E-state index >= 15 is 0 Å². The zero-order valence-electron chi connectivity index (χ0n) is 19.6. The van der Waals surface area contributed by atoms with Gasteiger partial charge < -0.3 is 14.9 Å². The fourth-order valence-electron chi connectivity index (χ4n) is 9.10. The minimum absolute atomic E-state index is 0.0204. The van der Waals surface area contributed by atoms with Crippen molar-refractivity contribution >= 4 is 5.97 Å². The van der Waals surface area contributed by atoms with E-state index in [1.807, 2.05) is 0 Å². The maximum absolute atomic E-state index is 12.1. The molecule has 0 aromatic heterocycles. The number of carbonyl (C=O) groups excluding carboxylic acids is 1. The van der Waals surface area contributed by atoms with Gasteiger partial charge in [-0.2, -0.15) is 0 Å². The lowest BCUT2D eigenvalue weighted by Gasteiger charge is -2.62. The summed E-state index contributed by atoms with van der Waals surface area (Å²) in [6.07, 6.45) is 10.8. The summed E-state index contributed by atoms with van der Waals surface area (Å²) < 4.78 is 6.05. The lowest BCUT2D eigenvalue weighted by atomic mass is 9.43. The Morgan fingerprint density at radius 1 is 1.07 bits per heavy atom. The summed E-state index contributed by atoms with van der Waals surface area (Å²) in [5.74, 6) is 3.40. The Morgan fingerprint density at radius 2 is 1.77 bits per heavy atom. The Morgan fingerprint density at radius 3 is 2.47 bits per heavy atom. The van der Waals surface area contributed by atoms with E-state index in [4.69, 9.17) is 4.74 Å². The maximum Gasteiger partial charge on any atom is 0.302 e. The van der Waals surface area contributed by atoms with Gasteiger partial charge in [0, 0.05) is 19.4 Å². The predicted octanol–water partition coefficient (Wildman–Crippen LogP) is 4.96. The van der Waals surface area contributed by atoms with Gasteiger partial charge in [0.15, 0.2) is 0 Å². The second kappa shape index (κ2) is 8.39. The predicted molar refractivity (Wildman–Crippen MR) is 118 cm³/mol. The Hall–Kier alpha value is -0.610. The first kappa shape index (κ1) is 22.6. The molecule has 0 radical (unpaired) electrons. The van der Waals surface area contributed by atoms with Crippen molar-refractivity contribution in [2.24, 2.45) is 46.3 Å². The molecule has 4 heteroatoms. The molecule has 4 fully saturated rings. The third-order valence-electron chi connectivity index (χ3n) is 10.5. The molecule has 0 amide bonds. The average molecular weight is 421 g/mol. The van der Waals surface area contributed by atoms with Crippen molar-refractivity contribution in [1.82, 2.24) is 0 Å². The van der Waals surface area contributed by atoms with E-state index in [0.29, 0.717) is 47.5 Å². The van der Waals surface area contributed by atoms with Crippen molar-refractivity contribution in [1.29, 1.82) is 0 Å². The molecule has 0 aliphatic heterocycles. The van der Waals surface area contributed by atoms with Crippen molar-refractivity contribution in [3.63, 3.8) is 0 Å². The molecule has 0 bridgehead atoms. The van der Waals surface area contributed by atoms with Crippen LogP contribution in [0.1, 0.15) is 91.9 Å². The van der Waals surface area contributed by atoms with E-state index in [1.165, 1.54) is 25.7 Å². The third-order valence-corrected chi connectivity index (χ3v) is 10.5. The molecule has 4 nitrogen and oxygen atoms in total. The largest absolute Gasteiger partial charge is 0.462 e. The third kappa shape index (κ3) is 3.64. The summed E-state index contributed by atoms with van der Waals surface area (Å²) in [6, 6.07) is 0. The van der Waals surface area contributed by atoms with Gasteiger partial charge in [0.1, 0.15) is 6.10 Å². The minimum Gasteiger partial charge on any atom is -0.462 e. The number of hydrogen-bond donors (Lipinski definition) is 2. The molecule has 0 aromatic rings. The van der Waals surface area contributed by atoms with Gasteiger partial charge in [-0.3, -0.25) is 4.79 Å². The van der Waals surface area contributed by atoms with Crippen LogP contribution in [0.25, 0.3) is 0 Å². The number of hydrogen-bond acceptors (Lipinski definition) is 4. The van der Waals surface area contributed by atoms with Crippen molar-refractivity contribution in [3.8, 4) is 0 Å². The number of carbonyl (C=O) groups is 1. The first-order valence-electron chi connectivity index (χ1n) is 12.7. The molecule has 4 saturated carbocycles. The summed E-state index contributed by atoms with van der Waals surface area (Å²) in [5, 5.41) is 19.7. The number of fused-ring (bicyclic) bond motifs is 5. The summed E-state index contributed by atoms with van der Waals surface area (Å²) in [6.45, 7) is 9.27. The first-order chi connectivity index (χ1) is 14.2. The first-order valence-corrected chi connectivity index (χ1v) is 12.7. The quantitative estimate of drug-likeness (QED) is 0.617. The smallest absolute Gasteiger partial charge is 0.302 e. The van der Waals surface area contributed by atoms with Gasteiger partial charge in [-0.05, 0) is 105 Å². The van der Waals surface area contributed by atoms with E-state index in [1.54, 1.807) is 6.92 Å². The summed E-state index contributed by atoms with van der Waals surface area (Å²) in [5.41, 5.74) is 0.605. The number of aliphatic hydroxyl groups excluding tert-OH is 2. The topological polar surface area (TPSA) is 66.8 Å². The second-order valence-corrected chi connectivity index (χ2v) is 11.9. The highest BCUT2D eigenvalue weighted by Crippen LogP contribution is 2.68. The molecule has 2 N–H and O–H groups in total. The maximum atomic E-state index is 12.1.